The van der Waals surface area contributed by atoms with Crippen LogP contribution < -0.4 is 0 Å². The largest absolute Gasteiger partial charge is 0.465 e. The zero-order valence-corrected chi connectivity index (χ0v) is 13.1. The first-order valence-corrected chi connectivity index (χ1v) is 7.17. The first kappa shape index (κ1) is 16.5. The molecule has 0 aliphatic rings. The van der Waals surface area contributed by atoms with Crippen LogP contribution in [0.4, 0.5) is 0 Å². The Labute approximate surface area is 135 Å². The Balaban J connectivity index is 1.86. The van der Waals surface area contributed by atoms with Gasteiger partial charge in [0.25, 0.3) is 0 Å². The highest BCUT2D eigenvalue weighted by molar-refractivity contribution is 5.89. The van der Waals surface area contributed by atoms with Crippen molar-refractivity contribution in [1.82, 2.24) is 0 Å². The van der Waals surface area contributed by atoms with Crippen molar-refractivity contribution in [3.63, 3.8) is 0 Å². The lowest BCUT2D eigenvalue weighted by Crippen LogP contribution is -2.03. The van der Waals surface area contributed by atoms with E-state index in [0.29, 0.717) is 5.56 Å². The molecule has 0 radical (unpaired) electrons. The van der Waals surface area contributed by atoms with E-state index in [9.17, 15) is 9.59 Å². The fourth-order valence-electron chi connectivity index (χ4n) is 1.90. The smallest absolute Gasteiger partial charge is 0.337 e. The molecule has 4 nitrogen and oxygen atoms in total. The van der Waals surface area contributed by atoms with Crippen molar-refractivity contribution in [2.24, 2.45) is 0 Å². The van der Waals surface area contributed by atoms with Gasteiger partial charge in [-0.25, -0.2) is 9.59 Å². The summed E-state index contributed by atoms with van der Waals surface area (Å²) in [4.78, 5) is 23.0. The number of methoxy groups -OCH3 is 1. The molecule has 4 heteroatoms. The van der Waals surface area contributed by atoms with Crippen LogP contribution in [0.2, 0.25) is 0 Å². The second kappa shape index (κ2) is 7.94. The van der Waals surface area contributed by atoms with E-state index < -0.39 is 11.9 Å². The summed E-state index contributed by atoms with van der Waals surface area (Å²) >= 11 is 0. The van der Waals surface area contributed by atoms with E-state index in [2.05, 4.69) is 4.74 Å². The molecule has 23 heavy (non-hydrogen) atoms. The average molecular weight is 310 g/mol. The molecule has 0 spiro atoms. The predicted octanol–water partition coefficient (Wildman–Crippen LogP) is 3.54. The second-order valence-electron chi connectivity index (χ2n) is 5.04. The molecule has 0 aromatic heterocycles. The quantitative estimate of drug-likeness (QED) is 0.626. The molecule has 0 N–H and O–H groups in total. The molecule has 118 valence electrons. The van der Waals surface area contributed by atoms with Crippen LogP contribution >= 0.6 is 0 Å². The van der Waals surface area contributed by atoms with Crippen LogP contribution in [0, 0.1) is 6.92 Å². The van der Waals surface area contributed by atoms with Gasteiger partial charge in [0.2, 0.25) is 0 Å². The molecular weight excluding hydrogens is 292 g/mol. The third kappa shape index (κ3) is 5.11. The summed E-state index contributed by atoms with van der Waals surface area (Å²) in [6.07, 6.45) is 3.11. The molecule has 0 unspecified atom stereocenters. The van der Waals surface area contributed by atoms with Gasteiger partial charge in [-0.3, -0.25) is 0 Å². The molecule has 0 heterocycles. The summed E-state index contributed by atoms with van der Waals surface area (Å²) in [7, 11) is 1.33. The van der Waals surface area contributed by atoms with Crippen LogP contribution in [-0.2, 0) is 20.9 Å². The maximum Gasteiger partial charge on any atom is 0.337 e. The molecule has 0 atom stereocenters. The third-order valence-corrected chi connectivity index (χ3v) is 3.25. The lowest BCUT2D eigenvalue weighted by Gasteiger charge is -2.04. The van der Waals surface area contributed by atoms with Crippen LogP contribution in [0.15, 0.2) is 54.6 Å². The van der Waals surface area contributed by atoms with Gasteiger partial charge in [0.05, 0.1) is 12.7 Å². The van der Waals surface area contributed by atoms with E-state index in [4.69, 9.17) is 4.74 Å². The summed E-state index contributed by atoms with van der Waals surface area (Å²) in [5, 5.41) is 0. The number of aryl methyl sites for hydroxylation is 1. The van der Waals surface area contributed by atoms with E-state index in [1.54, 1.807) is 30.3 Å². The number of benzene rings is 2. The minimum atomic E-state index is -0.414. The van der Waals surface area contributed by atoms with Crippen LogP contribution in [0.1, 0.15) is 27.0 Å². The van der Waals surface area contributed by atoms with Crippen molar-refractivity contribution in [2.45, 2.75) is 13.5 Å². The average Bonchev–Trinajstić information content (AvgIpc) is 2.59. The summed E-state index contributed by atoms with van der Waals surface area (Å²) < 4.78 is 9.78. The van der Waals surface area contributed by atoms with Crippen molar-refractivity contribution >= 4 is 18.0 Å². The van der Waals surface area contributed by atoms with Crippen LogP contribution in [0.25, 0.3) is 6.08 Å². The monoisotopic (exact) mass is 310 g/mol. The Morgan fingerprint density at radius 1 is 1.00 bits per heavy atom. The molecule has 0 saturated heterocycles. The number of esters is 2. The number of hydrogen-bond acceptors (Lipinski definition) is 4. The van der Waals surface area contributed by atoms with Gasteiger partial charge in [-0.2, -0.15) is 0 Å². The molecule has 2 aromatic carbocycles. The number of ether oxygens (including phenoxy) is 2. The second-order valence-corrected chi connectivity index (χ2v) is 5.04. The number of rotatable bonds is 5. The Hall–Kier alpha value is -2.88. The number of hydrogen-bond donors (Lipinski definition) is 0. The van der Waals surface area contributed by atoms with E-state index >= 15 is 0 Å². The maximum absolute atomic E-state index is 11.7. The van der Waals surface area contributed by atoms with Crippen LogP contribution in [-0.4, -0.2) is 19.0 Å². The summed E-state index contributed by atoms with van der Waals surface area (Å²) in [6.45, 7) is 2.16. The number of carbonyl (C=O) groups is 2. The van der Waals surface area contributed by atoms with Gasteiger partial charge in [0.1, 0.15) is 6.61 Å². The molecule has 0 saturated carbocycles. The normalized spacial score (nSPS) is 10.5. The van der Waals surface area contributed by atoms with Crippen molar-refractivity contribution in [1.29, 1.82) is 0 Å². The van der Waals surface area contributed by atoms with Crippen molar-refractivity contribution in [3.05, 3.63) is 76.9 Å². The van der Waals surface area contributed by atoms with E-state index in [0.717, 1.165) is 11.1 Å². The highest BCUT2D eigenvalue weighted by atomic mass is 16.5. The molecule has 0 aliphatic heterocycles. The fourth-order valence-corrected chi connectivity index (χ4v) is 1.90. The van der Waals surface area contributed by atoms with Crippen LogP contribution in [0.5, 0.6) is 0 Å². The molecule has 0 bridgehead atoms. The molecule has 0 aliphatic carbocycles. The molecule has 0 amide bonds. The van der Waals surface area contributed by atoms with Gasteiger partial charge in [-0.05, 0) is 36.3 Å². The Morgan fingerprint density at radius 2 is 1.65 bits per heavy atom. The summed E-state index contributed by atoms with van der Waals surface area (Å²) in [5.74, 6) is -0.808. The van der Waals surface area contributed by atoms with Gasteiger partial charge in [0, 0.05) is 6.08 Å². The third-order valence-electron chi connectivity index (χ3n) is 3.25. The lowest BCUT2D eigenvalue weighted by atomic mass is 10.1. The standard InChI is InChI=1S/C19H18O4/c1-14-3-5-15(6-4-14)9-12-18(20)23-13-16-7-10-17(11-8-16)19(21)22-2/h3-12H,13H2,1-2H3. The van der Waals surface area contributed by atoms with Gasteiger partial charge < -0.3 is 9.47 Å². The van der Waals surface area contributed by atoms with Crippen molar-refractivity contribution in [3.8, 4) is 0 Å². The van der Waals surface area contributed by atoms with E-state index in [1.807, 2.05) is 31.2 Å². The van der Waals surface area contributed by atoms with Crippen LogP contribution in [0.3, 0.4) is 0 Å². The highest BCUT2D eigenvalue weighted by Gasteiger charge is 2.05. The molecular formula is C19H18O4. The van der Waals surface area contributed by atoms with Gasteiger partial charge in [-0.1, -0.05) is 42.0 Å². The fraction of sp³-hybridized carbons (Fsp3) is 0.158. The van der Waals surface area contributed by atoms with E-state index in [-0.39, 0.29) is 6.61 Å². The first-order chi connectivity index (χ1) is 11.1. The van der Waals surface area contributed by atoms with Gasteiger partial charge in [-0.15, -0.1) is 0 Å². The Morgan fingerprint density at radius 3 is 2.26 bits per heavy atom. The van der Waals surface area contributed by atoms with Crippen molar-refractivity contribution < 1.29 is 19.1 Å². The molecule has 2 rings (SSSR count). The minimum Gasteiger partial charge on any atom is -0.465 e. The number of carbonyl (C=O) groups excluding carboxylic acids is 2. The van der Waals surface area contributed by atoms with Gasteiger partial charge >= 0.3 is 11.9 Å². The Kier molecular flexibility index (Phi) is 5.69. The zero-order chi connectivity index (χ0) is 16.7. The molecule has 0 fully saturated rings. The summed E-state index contributed by atoms with van der Waals surface area (Å²) in [5.41, 5.74) is 3.37. The lowest BCUT2D eigenvalue weighted by molar-refractivity contribution is -0.138. The highest BCUT2D eigenvalue weighted by Crippen LogP contribution is 2.08. The topological polar surface area (TPSA) is 52.6 Å². The first-order valence-electron chi connectivity index (χ1n) is 7.17. The zero-order valence-electron chi connectivity index (χ0n) is 13.1. The minimum absolute atomic E-state index is 0.151. The van der Waals surface area contributed by atoms with Gasteiger partial charge in [0.15, 0.2) is 0 Å². The maximum atomic E-state index is 11.7. The Bertz CT molecular complexity index is 697. The van der Waals surface area contributed by atoms with E-state index in [1.165, 1.54) is 18.7 Å². The SMILES string of the molecule is COC(=O)c1ccc(COC(=O)C=Cc2ccc(C)cc2)cc1. The predicted molar refractivity (Wildman–Crippen MR) is 87.8 cm³/mol. The summed E-state index contributed by atoms with van der Waals surface area (Å²) in [6, 6.07) is 14.6. The van der Waals surface area contributed by atoms with Crippen molar-refractivity contribution in [2.75, 3.05) is 7.11 Å². The molecule has 2 aromatic rings.